The maximum absolute atomic E-state index is 11.6. The summed E-state index contributed by atoms with van der Waals surface area (Å²) < 4.78 is 5.05. The highest BCUT2D eigenvalue weighted by atomic mass is 16.5. The predicted molar refractivity (Wildman–Crippen MR) is 56.5 cm³/mol. The molecule has 0 saturated carbocycles. The van der Waals surface area contributed by atoms with Gasteiger partial charge in [0.2, 0.25) is 11.8 Å². The highest BCUT2D eigenvalue weighted by molar-refractivity contribution is 5.81. The molecule has 88 valence electrons. The molecular weight excluding hydrogens is 208 g/mol. The second-order valence-corrected chi connectivity index (χ2v) is 3.98. The van der Waals surface area contributed by atoms with Gasteiger partial charge in [-0.25, -0.2) is 0 Å². The highest BCUT2D eigenvalue weighted by Crippen LogP contribution is 2.19. The van der Waals surface area contributed by atoms with E-state index in [-0.39, 0.29) is 11.9 Å². The molecule has 0 aromatic carbocycles. The van der Waals surface area contributed by atoms with Gasteiger partial charge in [-0.3, -0.25) is 9.69 Å². The van der Waals surface area contributed by atoms with Crippen molar-refractivity contribution in [2.24, 2.45) is 0 Å². The van der Waals surface area contributed by atoms with Gasteiger partial charge >= 0.3 is 0 Å². The van der Waals surface area contributed by atoms with E-state index < -0.39 is 0 Å². The van der Waals surface area contributed by atoms with E-state index >= 15 is 0 Å². The fourth-order valence-corrected chi connectivity index (χ4v) is 2.06. The molecule has 6 nitrogen and oxygen atoms in total. The van der Waals surface area contributed by atoms with Crippen LogP contribution in [0.15, 0.2) is 4.52 Å². The molecule has 16 heavy (non-hydrogen) atoms. The second kappa shape index (κ2) is 4.61. The van der Waals surface area contributed by atoms with Gasteiger partial charge in [-0.05, 0) is 26.3 Å². The van der Waals surface area contributed by atoms with Crippen molar-refractivity contribution in [2.45, 2.75) is 32.4 Å². The van der Waals surface area contributed by atoms with Crippen LogP contribution < -0.4 is 5.32 Å². The Morgan fingerprint density at radius 1 is 1.69 bits per heavy atom. The molecule has 0 aliphatic carbocycles. The zero-order valence-electron chi connectivity index (χ0n) is 9.56. The van der Waals surface area contributed by atoms with Crippen LogP contribution in [-0.4, -0.2) is 40.6 Å². The van der Waals surface area contributed by atoms with Crippen molar-refractivity contribution in [1.29, 1.82) is 0 Å². The number of hydrogen-bond donors (Lipinski definition) is 1. The van der Waals surface area contributed by atoms with Gasteiger partial charge < -0.3 is 9.84 Å². The Hall–Kier alpha value is -1.43. The van der Waals surface area contributed by atoms with Crippen molar-refractivity contribution >= 4 is 5.91 Å². The van der Waals surface area contributed by atoms with Crippen LogP contribution in [0, 0.1) is 6.92 Å². The van der Waals surface area contributed by atoms with Gasteiger partial charge in [0.15, 0.2) is 5.82 Å². The first kappa shape index (κ1) is 11.1. The Labute approximate surface area is 94.0 Å². The number of aromatic nitrogens is 2. The zero-order chi connectivity index (χ0) is 11.5. The zero-order valence-corrected chi connectivity index (χ0v) is 9.56. The lowest BCUT2D eigenvalue weighted by Crippen LogP contribution is -2.41. The molecule has 2 heterocycles. The van der Waals surface area contributed by atoms with Crippen molar-refractivity contribution in [2.75, 3.05) is 13.6 Å². The largest absolute Gasteiger partial charge is 0.358 e. The van der Waals surface area contributed by atoms with Crippen LogP contribution in [0.2, 0.25) is 0 Å². The van der Waals surface area contributed by atoms with E-state index in [0.717, 1.165) is 19.4 Å². The smallest absolute Gasteiger partial charge is 0.240 e. The average Bonchev–Trinajstić information content (AvgIpc) is 2.87. The van der Waals surface area contributed by atoms with E-state index in [2.05, 4.69) is 20.4 Å². The summed E-state index contributed by atoms with van der Waals surface area (Å²) in [5.74, 6) is 1.27. The highest BCUT2D eigenvalue weighted by Gasteiger charge is 2.30. The number of likely N-dealkylation sites (N-methyl/N-ethyl adjacent to an activating group) is 1. The number of hydrogen-bond acceptors (Lipinski definition) is 5. The summed E-state index contributed by atoms with van der Waals surface area (Å²) in [5, 5.41) is 6.42. The van der Waals surface area contributed by atoms with Crippen molar-refractivity contribution < 1.29 is 9.32 Å². The van der Waals surface area contributed by atoms with Gasteiger partial charge in [0.1, 0.15) is 0 Å². The van der Waals surface area contributed by atoms with Crippen molar-refractivity contribution in [3.63, 3.8) is 0 Å². The van der Waals surface area contributed by atoms with E-state index in [4.69, 9.17) is 4.52 Å². The van der Waals surface area contributed by atoms with Crippen LogP contribution in [-0.2, 0) is 11.3 Å². The van der Waals surface area contributed by atoms with Crippen molar-refractivity contribution in [1.82, 2.24) is 20.4 Å². The Balaban J connectivity index is 2.01. The van der Waals surface area contributed by atoms with E-state index in [1.54, 1.807) is 14.0 Å². The molecule has 1 aliphatic heterocycles. The molecule has 6 heteroatoms. The number of aryl methyl sites for hydroxylation is 1. The SMILES string of the molecule is CNC(=O)C1CCCN1Cc1nc(C)no1. The summed E-state index contributed by atoms with van der Waals surface area (Å²) in [6, 6.07) is -0.0581. The van der Waals surface area contributed by atoms with Gasteiger partial charge in [-0.2, -0.15) is 4.98 Å². The van der Waals surface area contributed by atoms with E-state index in [1.807, 2.05) is 0 Å². The Morgan fingerprint density at radius 2 is 2.50 bits per heavy atom. The summed E-state index contributed by atoms with van der Waals surface area (Å²) in [6.07, 6.45) is 1.93. The molecule has 1 fully saturated rings. The second-order valence-electron chi connectivity index (χ2n) is 3.98. The number of carbonyl (C=O) groups excluding carboxylic acids is 1. The van der Waals surface area contributed by atoms with Crippen LogP contribution in [0.25, 0.3) is 0 Å². The molecule has 1 N–H and O–H groups in total. The number of nitrogens with zero attached hydrogens (tertiary/aromatic N) is 3. The number of amides is 1. The maximum Gasteiger partial charge on any atom is 0.240 e. The molecule has 0 radical (unpaired) electrons. The summed E-state index contributed by atoms with van der Waals surface area (Å²) in [5.41, 5.74) is 0. The Bertz CT molecular complexity index is 377. The van der Waals surface area contributed by atoms with Gasteiger partial charge in [-0.15, -0.1) is 0 Å². The number of likely N-dealkylation sites (tertiary alicyclic amines) is 1. The first-order valence-electron chi connectivity index (χ1n) is 5.45. The molecule has 1 aliphatic rings. The first-order valence-corrected chi connectivity index (χ1v) is 5.45. The Morgan fingerprint density at radius 3 is 3.12 bits per heavy atom. The topological polar surface area (TPSA) is 71.3 Å². The lowest BCUT2D eigenvalue weighted by molar-refractivity contribution is -0.125. The molecular formula is C10H16N4O2. The Kier molecular flexibility index (Phi) is 3.19. The fourth-order valence-electron chi connectivity index (χ4n) is 2.06. The van der Waals surface area contributed by atoms with E-state index in [0.29, 0.717) is 18.3 Å². The lowest BCUT2D eigenvalue weighted by Gasteiger charge is -2.20. The first-order chi connectivity index (χ1) is 7.70. The molecule has 2 rings (SSSR count). The summed E-state index contributed by atoms with van der Waals surface area (Å²) in [7, 11) is 1.66. The number of rotatable bonds is 3. The van der Waals surface area contributed by atoms with Crippen molar-refractivity contribution in [3.8, 4) is 0 Å². The van der Waals surface area contributed by atoms with Gasteiger partial charge in [0, 0.05) is 7.05 Å². The summed E-state index contributed by atoms with van der Waals surface area (Å²) >= 11 is 0. The molecule has 0 spiro atoms. The fraction of sp³-hybridized carbons (Fsp3) is 0.700. The van der Waals surface area contributed by atoms with E-state index in [9.17, 15) is 4.79 Å². The normalized spacial score (nSPS) is 21.2. The lowest BCUT2D eigenvalue weighted by atomic mass is 10.2. The molecule has 1 aromatic heterocycles. The average molecular weight is 224 g/mol. The van der Waals surface area contributed by atoms with Crippen LogP contribution in [0.1, 0.15) is 24.6 Å². The van der Waals surface area contributed by atoms with Gasteiger partial charge in [0.25, 0.3) is 0 Å². The minimum Gasteiger partial charge on any atom is -0.358 e. The van der Waals surface area contributed by atoms with Crippen LogP contribution >= 0.6 is 0 Å². The molecule has 1 atom stereocenters. The minimum absolute atomic E-state index is 0.0581. The molecule has 1 amide bonds. The van der Waals surface area contributed by atoms with Gasteiger partial charge in [-0.1, -0.05) is 5.16 Å². The predicted octanol–water partition coefficient (Wildman–Crippen LogP) is 0.0884. The van der Waals surface area contributed by atoms with Gasteiger partial charge in [0.05, 0.1) is 12.6 Å². The third kappa shape index (κ3) is 2.21. The molecule has 0 bridgehead atoms. The monoisotopic (exact) mass is 224 g/mol. The van der Waals surface area contributed by atoms with Crippen LogP contribution in [0.4, 0.5) is 0 Å². The summed E-state index contributed by atoms with van der Waals surface area (Å²) in [6.45, 7) is 3.24. The standard InChI is InChI=1S/C10H16N4O2/c1-7-12-9(16-13-7)6-14-5-3-4-8(14)10(15)11-2/h8H,3-6H2,1-2H3,(H,11,15). The molecule has 1 saturated heterocycles. The number of nitrogens with one attached hydrogen (secondary N) is 1. The maximum atomic E-state index is 11.6. The van der Waals surface area contributed by atoms with Crippen molar-refractivity contribution in [3.05, 3.63) is 11.7 Å². The molecule has 1 aromatic rings. The third-order valence-corrected chi connectivity index (χ3v) is 2.82. The third-order valence-electron chi connectivity index (χ3n) is 2.82. The van der Waals surface area contributed by atoms with E-state index in [1.165, 1.54) is 0 Å². The van der Waals surface area contributed by atoms with Crippen LogP contribution in [0.3, 0.4) is 0 Å². The van der Waals surface area contributed by atoms with Crippen LogP contribution in [0.5, 0.6) is 0 Å². The molecule has 1 unspecified atom stereocenters. The minimum atomic E-state index is -0.0581. The number of carbonyl (C=O) groups is 1. The quantitative estimate of drug-likeness (QED) is 0.787. The summed E-state index contributed by atoms with van der Waals surface area (Å²) in [4.78, 5) is 17.8.